The van der Waals surface area contributed by atoms with E-state index in [2.05, 4.69) is 5.10 Å². The number of ether oxygens (including phenoxy) is 1. The van der Waals surface area contributed by atoms with Crippen LogP contribution in [0.3, 0.4) is 0 Å². The van der Waals surface area contributed by atoms with Crippen molar-refractivity contribution in [1.29, 1.82) is 0 Å². The summed E-state index contributed by atoms with van der Waals surface area (Å²) in [5.74, 6) is 0.510. The van der Waals surface area contributed by atoms with Crippen LogP contribution >= 0.6 is 23.2 Å². The molecule has 0 amide bonds. The Bertz CT molecular complexity index is 611. The van der Waals surface area contributed by atoms with Gasteiger partial charge in [-0.05, 0) is 13.0 Å². The molecule has 19 heavy (non-hydrogen) atoms. The van der Waals surface area contributed by atoms with Gasteiger partial charge in [-0.1, -0.05) is 35.3 Å². The summed E-state index contributed by atoms with van der Waals surface area (Å²) in [6.07, 6.45) is -0.941. The summed E-state index contributed by atoms with van der Waals surface area (Å²) in [5.41, 5.74) is 1.76. The molecule has 1 aromatic heterocycles. The van der Waals surface area contributed by atoms with Crippen molar-refractivity contribution in [2.24, 2.45) is 7.05 Å². The van der Waals surface area contributed by atoms with Crippen LogP contribution in [0.5, 0.6) is 5.75 Å². The predicted molar refractivity (Wildman–Crippen MR) is 75.0 cm³/mol. The van der Waals surface area contributed by atoms with E-state index < -0.39 is 6.10 Å². The zero-order valence-electron chi connectivity index (χ0n) is 10.8. The Morgan fingerprint density at radius 3 is 2.58 bits per heavy atom. The van der Waals surface area contributed by atoms with Gasteiger partial charge in [0.1, 0.15) is 17.0 Å². The van der Waals surface area contributed by atoms with Crippen LogP contribution in [0.25, 0.3) is 0 Å². The first-order valence-corrected chi connectivity index (χ1v) is 6.42. The summed E-state index contributed by atoms with van der Waals surface area (Å²) in [7, 11) is 3.25. The van der Waals surface area contributed by atoms with Gasteiger partial charge in [0.2, 0.25) is 0 Å². The van der Waals surface area contributed by atoms with Crippen molar-refractivity contribution in [2.45, 2.75) is 13.0 Å². The molecule has 1 atom stereocenters. The fourth-order valence-electron chi connectivity index (χ4n) is 2.01. The largest absolute Gasteiger partial charge is 0.495 e. The molecule has 0 fully saturated rings. The Balaban J connectivity index is 2.53. The van der Waals surface area contributed by atoms with Crippen LogP contribution in [0, 0.1) is 6.92 Å². The van der Waals surface area contributed by atoms with Crippen molar-refractivity contribution in [1.82, 2.24) is 9.78 Å². The number of aromatic nitrogens is 2. The Hall–Kier alpha value is -1.23. The van der Waals surface area contributed by atoms with Crippen LogP contribution in [0.2, 0.25) is 10.2 Å². The molecule has 1 aromatic carbocycles. The predicted octanol–water partition coefficient (Wildman–Crippen LogP) is 3.13. The minimum atomic E-state index is -0.941. The molecule has 2 aromatic rings. The lowest BCUT2D eigenvalue weighted by Crippen LogP contribution is -2.03. The molecule has 0 aliphatic carbocycles. The lowest BCUT2D eigenvalue weighted by atomic mass is 10.0. The van der Waals surface area contributed by atoms with E-state index in [1.165, 1.54) is 11.8 Å². The summed E-state index contributed by atoms with van der Waals surface area (Å²) in [6.45, 7) is 1.79. The molecule has 0 saturated carbocycles. The second kappa shape index (κ2) is 5.41. The molecule has 6 heteroatoms. The van der Waals surface area contributed by atoms with Gasteiger partial charge in [0, 0.05) is 18.2 Å². The number of halogens is 2. The fourth-order valence-corrected chi connectivity index (χ4v) is 2.59. The minimum absolute atomic E-state index is 0.372. The maximum Gasteiger partial charge on any atom is 0.137 e. The van der Waals surface area contributed by atoms with Gasteiger partial charge >= 0.3 is 0 Å². The number of aliphatic hydroxyl groups is 1. The van der Waals surface area contributed by atoms with Crippen molar-refractivity contribution in [3.63, 3.8) is 0 Å². The molecule has 4 nitrogen and oxygen atoms in total. The molecule has 0 spiro atoms. The summed E-state index contributed by atoms with van der Waals surface area (Å²) in [6, 6.07) is 5.23. The van der Waals surface area contributed by atoms with Gasteiger partial charge in [-0.15, -0.1) is 0 Å². The van der Waals surface area contributed by atoms with Crippen LogP contribution in [0.4, 0.5) is 0 Å². The lowest BCUT2D eigenvalue weighted by molar-refractivity contribution is 0.219. The van der Waals surface area contributed by atoms with Gasteiger partial charge in [0.05, 0.1) is 17.8 Å². The van der Waals surface area contributed by atoms with E-state index in [1.54, 1.807) is 32.2 Å². The van der Waals surface area contributed by atoms with Gasteiger partial charge in [-0.25, -0.2) is 0 Å². The summed E-state index contributed by atoms with van der Waals surface area (Å²) >= 11 is 12.4. The van der Waals surface area contributed by atoms with Crippen LogP contribution in [0.1, 0.15) is 22.9 Å². The van der Waals surface area contributed by atoms with Crippen molar-refractivity contribution >= 4 is 23.2 Å². The summed E-state index contributed by atoms with van der Waals surface area (Å²) < 4.78 is 6.66. The second-order valence-electron chi connectivity index (χ2n) is 4.18. The first-order valence-electron chi connectivity index (χ1n) is 5.66. The standard InChI is InChI=1S/C13H14Cl2N2O2/c1-7-10(13(15)17(2)16-7)12(18)8-5-4-6-9(19-3)11(8)14/h4-6,12,18H,1-3H3. The normalized spacial score (nSPS) is 12.5. The first kappa shape index (κ1) is 14.2. The van der Waals surface area contributed by atoms with E-state index in [4.69, 9.17) is 27.9 Å². The minimum Gasteiger partial charge on any atom is -0.495 e. The maximum atomic E-state index is 10.5. The molecule has 1 unspecified atom stereocenters. The number of aliphatic hydroxyl groups excluding tert-OH is 1. The van der Waals surface area contributed by atoms with Crippen LogP contribution in [-0.2, 0) is 7.05 Å². The molecule has 1 N–H and O–H groups in total. The van der Waals surface area contributed by atoms with Gasteiger partial charge < -0.3 is 9.84 Å². The van der Waals surface area contributed by atoms with E-state index in [0.29, 0.717) is 32.7 Å². The Morgan fingerprint density at radius 1 is 1.37 bits per heavy atom. The molecular weight excluding hydrogens is 287 g/mol. The Kier molecular flexibility index (Phi) is 4.04. The maximum absolute atomic E-state index is 10.5. The number of benzene rings is 1. The van der Waals surface area contributed by atoms with Gasteiger partial charge in [0.25, 0.3) is 0 Å². The third-order valence-corrected chi connectivity index (χ3v) is 3.83. The Labute approximate surface area is 121 Å². The van der Waals surface area contributed by atoms with Crippen LogP contribution < -0.4 is 4.74 Å². The molecule has 102 valence electrons. The van der Waals surface area contributed by atoms with Crippen molar-refractivity contribution < 1.29 is 9.84 Å². The summed E-state index contributed by atoms with van der Waals surface area (Å²) in [5, 5.41) is 15.4. The number of aryl methyl sites for hydroxylation is 2. The van der Waals surface area contributed by atoms with Gasteiger partial charge in [0.15, 0.2) is 0 Å². The average Bonchev–Trinajstić information content (AvgIpc) is 2.63. The SMILES string of the molecule is COc1cccc(C(O)c2c(C)nn(C)c2Cl)c1Cl. The molecule has 0 aliphatic heterocycles. The van der Waals surface area contributed by atoms with E-state index in [-0.39, 0.29) is 0 Å². The molecule has 0 saturated heterocycles. The van der Waals surface area contributed by atoms with Gasteiger partial charge in [-0.2, -0.15) is 5.10 Å². The third-order valence-electron chi connectivity index (χ3n) is 2.98. The zero-order valence-corrected chi connectivity index (χ0v) is 12.3. The Morgan fingerprint density at radius 2 is 2.05 bits per heavy atom. The summed E-state index contributed by atoms with van der Waals surface area (Å²) in [4.78, 5) is 0. The smallest absolute Gasteiger partial charge is 0.137 e. The highest BCUT2D eigenvalue weighted by Crippen LogP contribution is 2.37. The monoisotopic (exact) mass is 300 g/mol. The average molecular weight is 301 g/mol. The highest BCUT2D eigenvalue weighted by atomic mass is 35.5. The van der Waals surface area contributed by atoms with E-state index >= 15 is 0 Å². The highest BCUT2D eigenvalue weighted by molar-refractivity contribution is 6.33. The van der Waals surface area contributed by atoms with Crippen molar-refractivity contribution in [3.8, 4) is 5.75 Å². The molecular formula is C13H14Cl2N2O2. The van der Waals surface area contributed by atoms with E-state index in [1.807, 2.05) is 0 Å². The second-order valence-corrected chi connectivity index (χ2v) is 4.92. The molecule has 2 rings (SSSR count). The lowest BCUT2D eigenvalue weighted by Gasteiger charge is -2.14. The van der Waals surface area contributed by atoms with E-state index in [0.717, 1.165) is 0 Å². The number of nitrogens with zero attached hydrogens (tertiary/aromatic N) is 2. The van der Waals surface area contributed by atoms with Gasteiger partial charge in [-0.3, -0.25) is 4.68 Å². The molecule has 0 aliphatic rings. The van der Waals surface area contributed by atoms with Crippen LogP contribution in [0.15, 0.2) is 18.2 Å². The molecule has 0 radical (unpaired) electrons. The van der Waals surface area contributed by atoms with E-state index in [9.17, 15) is 5.11 Å². The third kappa shape index (κ3) is 2.43. The number of rotatable bonds is 3. The quantitative estimate of drug-likeness (QED) is 0.947. The fraction of sp³-hybridized carbons (Fsp3) is 0.308. The van der Waals surface area contributed by atoms with Crippen LogP contribution in [-0.4, -0.2) is 22.0 Å². The zero-order chi connectivity index (χ0) is 14.2. The number of hydrogen-bond acceptors (Lipinski definition) is 3. The van der Waals surface area contributed by atoms with Crippen molar-refractivity contribution in [3.05, 3.63) is 45.2 Å². The topological polar surface area (TPSA) is 47.3 Å². The highest BCUT2D eigenvalue weighted by Gasteiger charge is 2.23. The number of hydrogen-bond donors (Lipinski definition) is 1. The molecule has 0 bridgehead atoms. The van der Waals surface area contributed by atoms with Crippen molar-refractivity contribution in [2.75, 3.05) is 7.11 Å². The first-order chi connectivity index (χ1) is 8.97. The number of methoxy groups -OCH3 is 1. The molecule has 1 heterocycles.